The highest BCUT2D eigenvalue weighted by molar-refractivity contribution is 7.10. The molecule has 0 fully saturated rings. The summed E-state index contributed by atoms with van der Waals surface area (Å²) in [5, 5.41) is 5.41. The summed E-state index contributed by atoms with van der Waals surface area (Å²) in [7, 11) is 0. The molecule has 17 rings (SSSR count). The maximum absolute atomic E-state index is 2.81. The molecule has 7 aliphatic heterocycles. The van der Waals surface area contributed by atoms with Gasteiger partial charge in [-0.1, -0.05) is 108 Å². The molecule has 6 heteroatoms. The molecule has 3 nitrogen and oxygen atoms in total. The molecule has 0 unspecified atom stereocenters. The first-order chi connectivity index (χ1) is 26.9. The molecule has 8 aromatic carbocycles. The second kappa shape index (κ2) is 7.69. The van der Waals surface area contributed by atoms with Gasteiger partial charge in [0.1, 0.15) is 0 Å². The molecule has 7 aliphatic rings. The largest absolute Gasteiger partial charge is 0.313 e. The molecule has 0 atom stereocenters. The Balaban J connectivity index is 1.18. The average molecular weight is 673 g/mol. The number of hydrogen-bond acceptors (Lipinski definition) is 1. The van der Waals surface area contributed by atoms with Gasteiger partial charge in [-0.25, -0.2) is 0 Å². The van der Waals surface area contributed by atoms with Gasteiger partial charge in [0.2, 0.25) is 13.4 Å². The SMILES string of the molecule is c1ccc2c(c1)B1c3ccc4c5c3N3c6c(ccc7c6B5c5c6c(cc8c9ccccc9n-7c58)c5ccccc5n6-4)B4c5ccccc5-c5cc-2c1c3c54. The maximum atomic E-state index is 2.81. The van der Waals surface area contributed by atoms with Gasteiger partial charge in [-0.15, -0.1) is 0 Å². The number of benzene rings is 8. The third kappa shape index (κ3) is 2.25. The smallest absolute Gasteiger partial charge is 0.257 e. The van der Waals surface area contributed by atoms with Crippen LogP contribution in [-0.4, -0.2) is 29.3 Å². The first kappa shape index (κ1) is 25.4. The van der Waals surface area contributed by atoms with E-state index in [0.717, 1.165) is 0 Å². The van der Waals surface area contributed by atoms with Crippen molar-refractivity contribution in [3.8, 4) is 33.6 Å². The van der Waals surface area contributed by atoms with Gasteiger partial charge in [-0.05, 0) is 96.9 Å². The van der Waals surface area contributed by atoms with Gasteiger partial charge in [-0.3, -0.25) is 0 Å². The highest BCUT2D eigenvalue weighted by atomic mass is 15.2. The molecule has 0 bridgehead atoms. The summed E-state index contributed by atoms with van der Waals surface area (Å²) in [5.41, 5.74) is 31.3. The Morgan fingerprint density at radius 2 is 0.833 bits per heavy atom. The van der Waals surface area contributed by atoms with E-state index in [1.807, 2.05) is 0 Å². The zero-order valence-corrected chi connectivity index (χ0v) is 28.8. The van der Waals surface area contributed by atoms with Crippen LogP contribution in [0.3, 0.4) is 0 Å². The summed E-state index contributed by atoms with van der Waals surface area (Å²) in [6.07, 6.45) is 0. The summed E-state index contributed by atoms with van der Waals surface area (Å²) in [5.74, 6) is 0. The van der Waals surface area contributed by atoms with Crippen LogP contribution < -0.4 is 54.1 Å². The molecule has 0 aliphatic carbocycles. The van der Waals surface area contributed by atoms with Crippen LogP contribution >= 0.6 is 0 Å². The van der Waals surface area contributed by atoms with E-state index in [2.05, 4.69) is 147 Å². The highest BCUT2D eigenvalue weighted by Gasteiger charge is 2.57. The summed E-state index contributed by atoms with van der Waals surface area (Å²) < 4.78 is 5.30. The lowest BCUT2D eigenvalue weighted by Crippen LogP contribution is -2.72. The average Bonchev–Trinajstić information content (AvgIpc) is 3.95. The van der Waals surface area contributed by atoms with E-state index in [9.17, 15) is 0 Å². The van der Waals surface area contributed by atoms with E-state index in [-0.39, 0.29) is 20.1 Å². The van der Waals surface area contributed by atoms with Crippen molar-refractivity contribution in [2.24, 2.45) is 0 Å². The predicted molar refractivity (Wildman–Crippen MR) is 228 cm³/mol. The van der Waals surface area contributed by atoms with Gasteiger partial charge in [0.25, 0.3) is 6.71 Å². The van der Waals surface area contributed by atoms with Crippen LogP contribution in [0.1, 0.15) is 0 Å². The van der Waals surface area contributed by atoms with Crippen LogP contribution in [-0.2, 0) is 0 Å². The zero-order valence-electron chi connectivity index (χ0n) is 28.8. The van der Waals surface area contributed by atoms with Crippen molar-refractivity contribution in [2.45, 2.75) is 0 Å². The van der Waals surface area contributed by atoms with Crippen LogP contribution in [0.5, 0.6) is 0 Å². The fourth-order valence-corrected chi connectivity index (χ4v) is 13.2. The van der Waals surface area contributed by atoms with Gasteiger partial charge >= 0.3 is 0 Å². The van der Waals surface area contributed by atoms with E-state index >= 15 is 0 Å². The molecule has 0 amide bonds. The first-order valence-electron chi connectivity index (χ1n) is 19.4. The lowest BCUT2D eigenvalue weighted by atomic mass is 9.26. The monoisotopic (exact) mass is 673 g/mol. The van der Waals surface area contributed by atoms with E-state index in [0.29, 0.717) is 0 Å². The number of rotatable bonds is 0. The van der Waals surface area contributed by atoms with Crippen LogP contribution in [0.4, 0.5) is 17.1 Å². The fourth-order valence-electron chi connectivity index (χ4n) is 13.2. The van der Waals surface area contributed by atoms with Crippen molar-refractivity contribution in [1.82, 2.24) is 9.13 Å². The maximum Gasteiger partial charge on any atom is 0.257 e. The van der Waals surface area contributed by atoms with Crippen molar-refractivity contribution < 1.29 is 0 Å². The standard InChI is InChI=1S/C48H22B3N3/c1-5-13-31-23(9-1)27-21-28-24-10-2-6-14-32(24)50-34-18-20-38-42-47(34)54-46-33(49(31)39(27)48(54)40(28)50)17-19-37-41(46)51(42)43-44-29(25-11-3-7-15-35(25)52(37)44)22-30-26-12-4-8-16-36(26)53(38)45(30)43/h1-22H. The molecular weight excluding hydrogens is 651 g/mol. The van der Waals surface area contributed by atoms with Gasteiger partial charge in [0.15, 0.2) is 0 Å². The minimum absolute atomic E-state index is 0.134. The number of nitrogens with zero attached hydrogens (tertiary/aromatic N) is 3. The van der Waals surface area contributed by atoms with E-state index in [1.54, 1.807) is 0 Å². The molecule has 54 heavy (non-hydrogen) atoms. The molecule has 9 heterocycles. The van der Waals surface area contributed by atoms with E-state index < -0.39 is 0 Å². The summed E-state index contributed by atoms with van der Waals surface area (Å²) in [6, 6.07) is 52.0. The zero-order chi connectivity index (χ0) is 34.0. The van der Waals surface area contributed by atoms with Crippen molar-refractivity contribution in [3.05, 3.63) is 133 Å². The minimum Gasteiger partial charge on any atom is -0.313 e. The number of fused-ring (bicyclic) bond motifs is 16. The lowest BCUT2D eigenvalue weighted by Gasteiger charge is -2.50. The Labute approximate surface area is 309 Å². The second-order valence-electron chi connectivity index (χ2n) is 16.6. The number of hydrogen-bond donors (Lipinski definition) is 0. The summed E-state index contributed by atoms with van der Waals surface area (Å²) in [4.78, 5) is 2.81. The molecular formula is C48H22B3N3. The summed E-state index contributed by atoms with van der Waals surface area (Å²) >= 11 is 0. The molecule has 0 N–H and O–H groups in total. The molecule has 238 valence electrons. The first-order valence-corrected chi connectivity index (χ1v) is 19.4. The van der Waals surface area contributed by atoms with Gasteiger partial charge in [-0.2, -0.15) is 0 Å². The fraction of sp³-hybridized carbons (Fsp3) is 0. The predicted octanol–water partition coefficient (Wildman–Crippen LogP) is 4.43. The van der Waals surface area contributed by atoms with Crippen molar-refractivity contribution in [2.75, 3.05) is 4.90 Å². The number of anilines is 3. The third-order valence-corrected chi connectivity index (χ3v) is 14.8. The van der Waals surface area contributed by atoms with Crippen molar-refractivity contribution in [1.29, 1.82) is 0 Å². The van der Waals surface area contributed by atoms with Crippen molar-refractivity contribution in [3.63, 3.8) is 0 Å². The van der Waals surface area contributed by atoms with Crippen molar-refractivity contribution >= 4 is 130 Å². The van der Waals surface area contributed by atoms with Crippen LogP contribution in [0, 0.1) is 0 Å². The molecule has 10 aromatic rings. The second-order valence-corrected chi connectivity index (χ2v) is 16.6. The summed E-state index contributed by atoms with van der Waals surface area (Å²) in [6.45, 7) is 0.546. The topological polar surface area (TPSA) is 13.1 Å². The Kier molecular flexibility index (Phi) is 3.61. The molecule has 2 aromatic heterocycles. The van der Waals surface area contributed by atoms with E-state index in [4.69, 9.17) is 0 Å². The molecule has 0 radical (unpaired) electrons. The highest BCUT2D eigenvalue weighted by Crippen LogP contribution is 2.50. The third-order valence-electron chi connectivity index (χ3n) is 14.8. The molecule has 0 spiro atoms. The lowest BCUT2D eigenvalue weighted by molar-refractivity contribution is 1.15. The van der Waals surface area contributed by atoms with Gasteiger partial charge in [0, 0.05) is 50.0 Å². The van der Waals surface area contributed by atoms with Crippen LogP contribution in [0.25, 0.3) is 77.2 Å². The minimum atomic E-state index is 0.134. The number of para-hydroxylation sites is 2. The van der Waals surface area contributed by atoms with Gasteiger partial charge in [0.05, 0.1) is 22.1 Å². The van der Waals surface area contributed by atoms with Crippen LogP contribution in [0.2, 0.25) is 0 Å². The van der Waals surface area contributed by atoms with E-state index in [1.165, 1.54) is 143 Å². The number of aromatic nitrogens is 2. The molecule has 0 saturated carbocycles. The molecule has 0 saturated heterocycles. The van der Waals surface area contributed by atoms with Crippen LogP contribution in [0.15, 0.2) is 133 Å². The Hall–Kier alpha value is -6.65. The normalized spacial score (nSPS) is 15.3. The Morgan fingerprint density at radius 1 is 0.333 bits per heavy atom. The quantitative estimate of drug-likeness (QED) is 0.218. The Bertz CT molecular complexity index is 3430. The van der Waals surface area contributed by atoms with Gasteiger partial charge < -0.3 is 14.0 Å². The Morgan fingerprint density at radius 3 is 1.39 bits per heavy atom.